The van der Waals surface area contributed by atoms with Crippen LogP contribution in [0, 0.1) is 5.82 Å². The highest BCUT2D eigenvalue weighted by molar-refractivity contribution is 7.89. The second-order valence-electron chi connectivity index (χ2n) is 6.72. The number of nitrogens with zero attached hydrogens (tertiary/aromatic N) is 2. The summed E-state index contributed by atoms with van der Waals surface area (Å²) in [7, 11) is -6.93. The van der Waals surface area contributed by atoms with Crippen molar-refractivity contribution in [3.8, 4) is 0 Å². The van der Waals surface area contributed by atoms with Gasteiger partial charge in [0.1, 0.15) is 5.82 Å². The second kappa shape index (κ2) is 8.96. The number of benzene rings is 2. The third kappa shape index (κ3) is 6.24. The van der Waals surface area contributed by atoms with Gasteiger partial charge in [-0.05, 0) is 43.2 Å². The quantitative estimate of drug-likeness (QED) is 0.396. The lowest BCUT2D eigenvalue weighted by atomic mass is 10.2. The third-order valence-electron chi connectivity index (χ3n) is 3.72. The molecule has 2 aromatic rings. The van der Waals surface area contributed by atoms with E-state index in [4.69, 9.17) is 0 Å². The Bertz CT molecular complexity index is 961. The van der Waals surface area contributed by atoms with Crippen molar-refractivity contribution in [1.29, 1.82) is 0 Å². The number of hydrogen-bond acceptors (Lipinski definition) is 5. The number of carbonyl (C=O) groups is 1. The summed E-state index contributed by atoms with van der Waals surface area (Å²) in [5.74, 6) is -1.35. The van der Waals surface area contributed by atoms with Crippen molar-refractivity contribution >= 4 is 23.1 Å². The SMILES string of the molecule is CP(C)(=O)CN(CC(=O)N(O)Cc1ccc(F)cc1)S(=O)(=O)c1ccccc1. The molecule has 0 atom stereocenters. The van der Waals surface area contributed by atoms with Crippen LogP contribution < -0.4 is 0 Å². The Morgan fingerprint density at radius 1 is 1.07 bits per heavy atom. The summed E-state index contributed by atoms with van der Waals surface area (Å²) in [5, 5.41) is 10.4. The fraction of sp³-hybridized carbons (Fsp3) is 0.278. The van der Waals surface area contributed by atoms with E-state index in [1.807, 2.05) is 0 Å². The second-order valence-corrected chi connectivity index (χ2v) is 12.1. The molecule has 0 aliphatic rings. The molecule has 0 spiro atoms. The Labute approximate surface area is 163 Å². The first kappa shape index (κ1) is 22.2. The molecule has 28 heavy (non-hydrogen) atoms. The molecule has 0 fully saturated rings. The van der Waals surface area contributed by atoms with Gasteiger partial charge >= 0.3 is 0 Å². The van der Waals surface area contributed by atoms with Gasteiger partial charge in [0.2, 0.25) is 10.0 Å². The normalized spacial score (nSPS) is 12.2. The molecule has 0 bridgehead atoms. The maximum absolute atomic E-state index is 13.0. The predicted molar refractivity (Wildman–Crippen MR) is 103 cm³/mol. The zero-order chi connectivity index (χ0) is 20.9. The van der Waals surface area contributed by atoms with Crippen LogP contribution in [0.4, 0.5) is 4.39 Å². The maximum atomic E-state index is 13.0. The number of carbonyl (C=O) groups excluding carboxylic acids is 1. The zero-order valence-electron chi connectivity index (χ0n) is 15.5. The fourth-order valence-electron chi connectivity index (χ4n) is 2.42. The molecule has 0 radical (unpaired) electrons. The van der Waals surface area contributed by atoms with Crippen molar-refractivity contribution in [3.05, 3.63) is 66.0 Å². The van der Waals surface area contributed by atoms with E-state index in [1.54, 1.807) is 6.07 Å². The molecule has 2 rings (SSSR count). The van der Waals surface area contributed by atoms with E-state index in [9.17, 15) is 27.4 Å². The predicted octanol–water partition coefficient (Wildman–Crippen LogP) is 2.81. The van der Waals surface area contributed by atoms with Crippen molar-refractivity contribution in [3.63, 3.8) is 0 Å². The monoisotopic (exact) mass is 428 g/mol. The van der Waals surface area contributed by atoms with E-state index in [0.29, 0.717) is 10.6 Å². The van der Waals surface area contributed by atoms with Gasteiger partial charge in [0.25, 0.3) is 5.91 Å². The molecule has 152 valence electrons. The van der Waals surface area contributed by atoms with Gasteiger partial charge in [0.05, 0.1) is 31.4 Å². The van der Waals surface area contributed by atoms with E-state index in [2.05, 4.69) is 0 Å². The molecule has 0 saturated carbocycles. The Morgan fingerprint density at radius 3 is 2.18 bits per heavy atom. The Morgan fingerprint density at radius 2 is 1.64 bits per heavy atom. The third-order valence-corrected chi connectivity index (χ3v) is 6.74. The summed E-state index contributed by atoms with van der Waals surface area (Å²) >= 11 is 0. The Kier molecular flexibility index (Phi) is 7.11. The van der Waals surface area contributed by atoms with Crippen molar-refractivity contribution in [2.75, 3.05) is 26.2 Å². The van der Waals surface area contributed by atoms with Crippen molar-refractivity contribution in [2.45, 2.75) is 11.4 Å². The zero-order valence-corrected chi connectivity index (χ0v) is 17.2. The maximum Gasteiger partial charge on any atom is 0.261 e. The average molecular weight is 428 g/mol. The van der Waals surface area contributed by atoms with Crippen molar-refractivity contribution in [1.82, 2.24) is 9.37 Å². The van der Waals surface area contributed by atoms with Crippen LogP contribution in [0.25, 0.3) is 0 Å². The standard InChI is InChI=1S/C18H22FN2O5PS/c1-27(2,24)14-20(28(25,26)17-6-4-3-5-7-17)13-18(22)21(23)12-15-8-10-16(19)11-9-15/h3-11,23H,12-14H2,1-2H3. The van der Waals surface area contributed by atoms with E-state index >= 15 is 0 Å². The van der Waals surface area contributed by atoms with Crippen molar-refractivity contribution < 1.29 is 27.4 Å². The van der Waals surface area contributed by atoms with Crippen molar-refractivity contribution in [2.24, 2.45) is 0 Å². The molecule has 10 heteroatoms. The molecular formula is C18H22FN2O5PS. The molecule has 1 amide bonds. The summed E-state index contributed by atoms with van der Waals surface area (Å²) in [5.41, 5.74) is 0.464. The fourth-order valence-corrected chi connectivity index (χ4v) is 5.80. The highest BCUT2D eigenvalue weighted by Gasteiger charge is 2.31. The van der Waals surface area contributed by atoms with Gasteiger partial charge in [-0.3, -0.25) is 10.0 Å². The summed E-state index contributed by atoms with van der Waals surface area (Å²) in [6, 6.07) is 12.6. The van der Waals surface area contributed by atoms with Crippen LogP contribution in [0.5, 0.6) is 0 Å². The number of amides is 1. The lowest BCUT2D eigenvalue weighted by Gasteiger charge is -2.25. The summed E-state index contributed by atoms with van der Waals surface area (Å²) in [6.07, 6.45) is -0.347. The van der Waals surface area contributed by atoms with Crippen LogP contribution in [0.3, 0.4) is 0 Å². The van der Waals surface area contributed by atoms with Gasteiger partial charge in [0.15, 0.2) is 0 Å². The van der Waals surface area contributed by atoms with E-state index < -0.39 is 35.4 Å². The minimum Gasteiger partial charge on any atom is -0.323 e. The van der Waals surface area contributed by atoms with Crippen LogP contribution in [-0.2, 0) is 25.9 Å². The summed E-state index contributed by atoms with van der Waals surface area (Å²) < 4.78 is 51.8. The van der Waals surface area contributed by atoms with Gasteiger partial charge in [0, 0.05) is 0 Å². The summed E-state index contributed by atoms with van der Waals surface area (Å²) in [6.45, 7) is 1.91. The van der Waals surface area contributed by atoms with Crippen LogP contribution in [0.1, 0.15) is 5.56 Å². The Balaban J connectivity index is 2.21. The molecule has 0 heterocycles. The molecule has 0 aromatic heterocycles. The largest absolute Gasteiger partial charge is 0.323 e. The lowest BCUT2D eigenvalue weighted by Crippen LogP contribution is -2.41. The lowest BCUT2D eigenvalue weighted by molar-refractivity contribution is -0.167. The number of halogens is 1. The van der Waals surface area contributed by atoms with Gasteiger partial charge in [-0.2, -0.15) is 4.31 Å². The average Bonchev–Trinajstić information content (AvgIpc) is 2.62. The molecule has 2 aromatic carbocycles. The van der Waals surface area contributed by atoms with Gasteiger partial charge < -0.3 is 4.57 Å². The van der Waals surface area contributed by atoms with Gasteiger partial charge in [-0.25, -0.2) is 17.9 Å². The molecule has 0 unspecified atom stereocenters. The first-order chi connectivity index (χ1) is 13.0. The molecule has 7 nitrogen and oxygen atoms in total. The summed E-state index contributed by atoms with van der Waals surface area (Å²) in [4.78, 5) is 12.4. The van der Waals surface area contributed by atoms with E-state index in [-0.39, 0.29) is 17.7 Å². The topological polar surface area (TPSA) is 95.0 Å². The van der Waals surface area contributed by atoms with Crippen LogP contribution in [0.15, 0.2) is 59.5 Å². The smallest absolute Gasteiger partial charge is 0.261 e. The molecule has 0 saturated heterocycles. The number of sulfonamides is 1. The first-order valence-electron chi connectivity index (χ1n) is 8.32. The first-order valence-corrected chi connectivity index (χ1v) is 12.5. The van der Waals surface area contributed by atoms with Crippen LogP contribution >= 0.6 is 7.14 Å². The molecule has 1 N–H and O–H groups in total. The number of hydroxylamine groups is 2. The van der Waals surface area contributed by atoms with Crippen LogP contribution in [-0.4, -0.2) is 55.1 Å². The van der Waals surface area contributed by atoms with E-state index in [0.717, 1.165) is 4.31 Å². The molecular weight excluding hydrogens is 406 g/mol. The number of hydrogen-bond donors (Lipinski definition) is 1. The number of rotatable bonds is 8. The molecule has 0 aliphatic heterocycles. The Hall–Kier alpha value is -2.06. The van der Waals surface area contributed by atoms with Crippen LogP contribution in [0.2, 0.25) is 0 Å². The van der Waals surface area contributed by atoms with E-state index in [1.165, 1.54) is 61.9 Å². The molecule has 0 aliphatic carbocycles. The highest BCUT2D eigenvalue weighted by Crippen LogP contribution is 2.38. The van der Waals surface area contributed by atoms with Gasteiger partial charge in [-0.1, -0.05) is 30.3 Å². The minimum atomic E-state index is -4.09. The van der Waals surface area contributed by atoms with Gasteiger partial charge in [-0.15, -0.1) is 0 Å². The highest BCUT2D eigenvalue weighted by atomic mass is 32.2. The minimum absolute atomic E-state index is 0.0423.